The van der Waals surface area contributed by atoms with Crippen molar-refractivity contribution in [1.82, 2.24) is 4.98 Å². The summed E-state index contributed by atoms with van der Waals surface area (Å²) in [6.45, 7) is 16.5. The van der Waals surface area contributed by atoms with Crippen molar-refractivity contribution in [3.05, 3.63) is 86.2 Å². The molecule has 0 saturated heterocycles. The van der Waals surface area contributed by atoms with Crippen LogP contribution in [0.3, 0.4) is 0 Å². The number of aliphatic imine (C=N–C) groups is 2. The molecule has 0 fully saturated rings. The van der Waals surface area contributed by atoms with Crippen LogP contribution in [-0.2, 0) is 17.1 Å². The molecule has 0 bridgehead atoms. The Balaban J connectivity index is 0. The Morgan fingerprint density at radius 1 is 0.600 bits per heavy atom. The summed E-state index contributed by atoms with van der Waals surface area (Å²) >= 11 is 6.46. The fourth-order valence-corrected chi connectivity index (χ4v) is 4.22. The van der Waals surface area contributed by atoms with E-state index in [1.54, 1.807) is 0 Å². The Kier molecular flexibility index (Phi) is 15.3. The third-order valence-corrected chi connectivity index (χ3v) is 5.58. The van der Waals surface area contributed by atoms with Crippen LogP contribution in [0.1, 0.15) is 58.6 Å². The normalized spacial score (nSPS) is 11.0. The van der Waals surface area contributed by atoms with Gasteiger partial charge >= 0.3 is 17.1 Å². The van der Waals surface area contributed by atoms with Crippen LogP contribution in [0.5, 0.6) is 0 Å². The summed E-state index contributed by atoms with van der Waals surface area (Å²) in [7, 11) is 0. The summed E-state index contributed by atoms with van der Waals surface area (Å²) in [5, 5.41) is 0.624. The third kappa shape index (κ3) is 8.89. The van der Waals surface area contributed by atoms with E-state index in [-0.39, 0.29) is 54.3 Å². The van der Waals surface area contributed by atoms with E-state index in [1.807, 2.05) is 26.0 Å². The molecule has 3 nitrogen and oxygen atoms in total. The molecular weight excluding hydrogens is 564 g/mol. The van der Waals surface area contributed by atoms with Crippen molar-refractivity contribution in [2.24, 2.45) is 9.98 Å². The van der Waals surface area contributed by atoms with Gasteiger partial charge < -0.3 is 37.2 Å². The fraction of sp³-hybridized carbons (Fsp3) is 0.296. The molecule has 0 aliphatic rings. The maximum Gasteiger partial charge on any atom is 3.00 e. The van der Waals surface area contributed by atoms with Crippen molar-refractivity contribution < 1.29 is 54.3 Å². The maximum absolute atomic E-state index is 6.46. The van der Waals surface area contributed by atoms with E-state index in [0.717, 1.165) is 56.4 Å². The number of pyridine rings is 1. The Morgan fingerprint density at radius 3 is 1.17 bits per heavy atom. The fourth-order valence-electron chi connectivity index (χ4n) is 4.02. The Hall–Kier alpha value is -1.39. The average Bonchev–Trinajstić information content (AvgIpc) is 2.66. The van der Waals surface area contributed by atoms with Crippen molar-refractivity contribution >= 4 is 34.4 Å². The summed E-state index contributed by atoms with van der Waals surface area (Å²) < 4.78 is 0. The van der Waals surface area contributed by atoms with Crippen LogP contribution in [0.15, 0.2) is 46.4 Å². The molecule has 0 atom stereocenters. The van der Waals surface area contributed by atoms with E-state index in [9.17, 15) is 0 Å². The number of rotatable bonds is 4. The molecule has 3 aromatic rings. The van der Waals surface area contributed by atoms with Gasteiger partial charge in [-0.2, -0.15) is 0 Å². The van der Waals surface area contributed by atoms with Crippen LogP contribution in [0.25, 0.3) is 0 Å². The molecule has 0 aliphatic heterocycles. The molecule has 35 heavy (non-hydrogen) atoms. The predicted octanol–water partition coefficient (Wildman–Crippen LogP) is -1.12. The molecule has 0 saturated carbocycles. The molecule has 0 spiro atoms. The van der Waals surface area contributed by atoms with Gasteiger partial charge in [0.15, 0.2) is 0 Å². The Labute approximate surface area is 244 Å². The van der Waals surface area contributed by atoms with Gasteiger partial charge in [0.2, 0.25) is 0 Å². The second-order valence-electron chi connectivity index (χ2n) is 8.44. The molecule has 1 heterocycles. The van der Waals surface area contributed by atoms with Gasteiger partial charge in [-0.25, -0.2) is 4.98 Å². The Morgan fingerprint density at radius 2 is 0.886 bits per heavy atom. The number of hydrogen-bond acceptors (Lipinski definition) is 3. The SMILES string of the molecule is CC(=Nc1c(C)cc(C)cc1C)c1cc(Cl)cc(C(C)=Nc2c(C)cc(C)cc2C)n1.[Cl-].[Cl-].[Cl-].[Fe+3]. The average molecular weight is 594 g/mol. The number of nitrogens with zero attached hydrogens (tertiary/aromatic N) is 3. The molecule has 8 heteroatoms. The van der Waals surface area contributed by atoms with Crippen molar-refractivity contribution in [3.8, 4) is 0 Å². The number of halogens is 4. The molecule has 0 aliphatic carbocycles. The van der Waals surface area contributed by atoms with Crippen molar-refractivity contribution in [3.63, 3.8) is 0 Å². The van der Waals surface area contributed by atoms with Gasteiger partial charge in [-0.15, -0.1) is 0 Å². The van der Waals surface area contributed by atoms with Crippen LogP contribution in [0.4, 0.5) is 11.4 Å². The predicted molar refractivity (Wildman–Crippen MR) is 134 cm³/mol. The van der Waals surface area contributed by atoms with Crippen LogP contribution >= 0.6 is 11.6 Å². The van der Waals surface area contributed by atoms with Crippen molar-refractivity contribution in [2.75, 3.05) is 0 Å². The van der Waals surface area contributed by atoms with Crippen molar-refractivity contribution in [1.29, 1.82) is 0 Å². The van der Waals surface area contributed by atoms with E-state index in [1.165, 1.54) is 11.1 Å². The first-order valence-electron chi connectivity index (χ1n) is 10.5. The second kappa shape index (κ2) is 15.0. The first kappa shape index (κ1) is 35.8. The first-order chi connectivity index (χ1) is 14.5. The third-order valence-electron chi connectivity index (χ3n) is 5.36. The van der Waals surface area contributed by atoms with Crippen LogP contribution < -0.4 is 37.2 Å². The second-order valence-corrected chi connectivity index (χ2v) is 8.88. The number of hydrogen-bond donors (Lipinski definition) is 0. The maximum atomic E-state index is 6.46. The van der Waals surface area contributed by atoms with E-state index < -0.39 is 0 Å². The molecule has 2 aromatic carbocycles. The summed E-state index contributed by atoms with van der Waals surface area (Å²) in [4.78, 5) is 14.6. The van der Waals surface area contributed by atoms with Gasteiger partial charge in [-0.3, -0.25) is 9.98 Å². The summed E-state index contributed by atoms with van der Waals surface area (Å²) in [6.07, 6.45) is 0. The largest absolute Gasteiger partial charge is 3.00 e. The minimum absolute atomic E-state index is 0. The summed E-state index contributed by atoms with van der Waals surface area (Å²) in [5.41, 5.74) is 12.2. The van der Waals surface area contributed by atoms with E-state index in [2.05, 4.69) is 65.8 Å². The standard InChI is InChI=1S/C27H30ClN3.3ClH.Fe/c1-15-9-17(3)26(18(4)10-15)29-21(7)24-13-23(28)14-25(31-24)22(8)30-27-19(5)11-16(2)12-20(27)6;;;;/h9-14H,1-8H3;3*1H;/q;;;;+3/p-3. The van der Waals surface area contributed by atoms with E-state index in [4.69, 9.17) is 26.6 Å². The monoisotopic (exact) mass is 592 g/mol. The number of aryl methyl sites for hydroxylation is 6. The minimum Gasteiger partial charge on any atom is -1.00 e. The molecule has 189 valence electrons. The van der Waals surface area contributed by atoms with Gasteiger partial charge in [0.05, 0.1) is 34.2 Å². The quantitative estimate of drug-likeness (QED) is 0.279. The molecule has 1 aromatic heterocycles. The van der Waals surface area contributed by atoms with Gasteiger partial charge in [0.1, 0.15) is 0 Å². The zero-order chi connectivity index (χ0) is 22.9. The molecular formula is C27H30Cl4FeN3. The van der Waals surface area contributed by atoms with E-state index >= 15 is 0 Å². The first-order valence-corrected chi connectivity index (χ1v) is 10.9. The zero-order valence-corrected chi connectivity index (χ0v) is 25.3. The molecule has 0 N–H and O–H groups in total. The van der Waals surface area contributed by atoms with Gasteiger partial charge in [-0.1, -0.05) is 47.0 Å². The molecule has 0 unspecified atom stereocenters. The van der Waals surface area contributed by atoms with Crippen LogP contribution in [0.2, 0.25) is 5.02 Å². The summed E-state index contributed by atoms with van der Waals surface area (Å²) in [5.74, 6) is 0. The number of aromatic nitrogens is 1. The van der Waals surface area contributed by atoms with Crippen LogP contribution in [-0.4, -0.2) is 16.4 Å². The molecule has 3 rings (SSSR count). The number of benzene rings is 2. The smallest absolute Gasteiger partial charge is 1.00 e. The summed E-state index contributed by atoms with van der Waals surface area (Å²) in [6, 6.07) is 12.3. The Bertz CT molecular complexity index is 1100. The van der Waals surface area contributed by atoms with Crippen LogP contribution in [0, 0.1) is 41.5 Å². The van der Waals surface area contributed by atoms with Gasteiger partial charge in [-0.05, 0) is 89.8 Å². The van der Waals surface area contributed by atoms with Gasteiger partial charge in [0.25, 0.3) is 0 Å². The molecule has 1 radical (unpaired) electrons. The topological polar surface area (TPSA) is 37.6 Å². The van der Waals surface area contributed by atoms with Gasteiger partial charge in [0, 0.05) is 5.02 Å². The molecule has 0 amide bonds. The van der Waals surface area contributed by atoms with Crippen molar-refractivity contribution in [2.45, 2.75) is 55.4 Å². The van der Waals surface area contributed by atoms with E-state index in [0.29, 0.717) is 5.02 Å². The zero-order valence-electron chi connectivity index (χ0n) is 21.2. The minimum atomic E-state index is 0.